The number of para-hydroxylation sites is 1. The molecule has 0 bridgehead atoms. The number of nitrogens with zero attached hydrogens (tertiary/aromatic N) is 2. The van der Waals surface area contributed by atoms with E-state index in [1.54, 1.807) is 0 Å². The number of hydrogen-bond acceptors (Lipinski definition) is 3. The van der Waals surface area contributed by atoms with E-state index >= 15 is 0 Å². The topological polar surface area (TPSA) is 26.7 Å². The van der Waals surface area contributed by atoms with Crippen molar-refractivity contribution >= 4 is 5.69 Å². The number of piperidine rings is 1. The average Bonchev–Trinajstić information content (AvgIpc) is 2.68. The van der Waals surface area contributed by atoms with Crippen molar-refractivity contribution in [3.63, 3.8) is 0 Å². The van der Waals surface area contributed by atoms with Gasteiger partial charge in [-0.3, -0.25) is 0 Å². The Morgan fingerprint density at radius 3 is 2.04 bits per heavy atom. The van der Waals surface area contributed by atoms with Gasteiger partial charge in [-0.2, -0.15) is 0 Å². The molecule has 0 radical (unpaired) electrons. The lowest BCUT2D eigenvalue weighted by Crippen LogP contribution is -2.49. The molecule has 1 aromatic rings. The first kappa shape index (κ1) is 22.0. The molecule has 1 N–H and O–H groups in total. The molecule has 0 aromatic heterocycles. The van der Waals surface area contributed by atoms with Gasteiger partial charge in [0.25, 0.3) is 0 Å². The Bertz CT molecular complexity index is 423. The molecule has 1 aromatic carbocycles. The number of benzene rings is 1. The minimum atomic E-state index is -0.0380. The van der Waals surface area contributed by atoms with Crippen LogP contribution in [0.2, 0.25) is 0 Å². The second kappa shape index (κ2) is 12.3. The van der Waals surface area contributed by atoms with Crippen molar-refractivity contribution < 1.29 is 5.11 Å². The summed E-state index contributed by atoms with van der Waals surface area (Å²) in [5.41, 5.74) is 1.37. The predicted octanol–water partition coefficient (Wildman–Crippen LogP) is 4.80. The van der Waals surface area contributed by atoms with Gasteiger partial charge < -0.3 is 14.9 Å². The molecule has 0 unspecified atom stereocenters. The zero-order valence-electron chi connectivity index (χ0n) is 17.1. The van der Waals surface area contributed by atoms with Gasteiger partial charge in [-0.1, -0.05) is 52.8 Å². The van der Waals surface area contributed by atoms with Crippen LogP contribution < -0.4 is 4.90 Å². The molecule has 1 aliphatic carbocycles. The molecule has 0 spiro atoms. The van der Waals surface area contributed by atoms with Crippen LogP contribution >= 0.6 is 0 Å². The van der Waals surface area contributed by atoms with Crippen LogP contribution in [0.3, 0.4) is 0 Å². The number of aliphatic hydroxyl groups is 1. The third-order valence-electron chi connectivity index (χ3n) is 5.24. The van der Waals surface area contributed by atoms with Crippen molar-refractivity contribution in [2.45, 2.75) is 72.4 Å². The molecular weight excluding hydrogens is 308 g/mol. The zero-order chi connectivity index (χ0) is 18.7. The quantitative estimate of drug-likeness (QED) is 0.828. The first-order valence-corrected chi connectivity index (χ1v) is 10.5. The normalized spacial score (nSPS) is 23.1. The predicted molar refractivity (Wildman–Crippen MR) is 110 cm³/mol. The molecule has 25 heavy (non-hydrogen) atoms. The van der Waals surface area contributed by atoms with Gasteiger partial charge in [0.05, 0.1) is 6.10 Å². The van der Waals surface area contributed by atoms with Gasteiger partial charge in [-0.15, -0.1) is 0 Å². The SMILES string of the molecule is CC.CC.CCN(CC1CCN(c2ccccc2)CC1)C1CC(O)C1. The third-order valence-corrected chi connectivity index (χ3v) is 5.24. The van der Waals surface area contributed by atoms with Crippen LogP contribution in [0.5, 0.6) is 0 Å². The maximum absolute atomic E-state index is 9.50. The molecule has 2 aliphatic rings. The smallest absolute Gasteiger partial charge is 0.0570 e. The molecule has 1 saturated heterocycles. The lowest BCUT2D eigenvalue weighted by molar-refractivity contribution is -0.00359. The van der Waals surface area contributed by atoms with Gasteiger partial charge in [-0.05, 0) is 50.3 Å². The van der Waals surface area contributed by atoms with Crippen molar-refractivity contribution in [3.8, 4) is 0 Å². The first-order chi connectivity index (χ1) is 12.3. The number of hydrogen-bond donors (Lipinski definition) is 1. The minimum Gasteiger partial charge on any atom is -0.393 e. The largest absolute Gasteiger partial charge is 0.393 e. The highest BCUT2D eigenvalue weighted by molar-refractivity contribution is 5.46. The van der Waals surface area contributed by atoms with Crippen molar-refractivity contribution in [3.05, 3.63) is 30.3 Å². The maximum Gasteiger partial charge on any atom is 0.0570 e. The molecule has 3 nitrogen and oxygen atoms in total. The molecular formula is C22H40N2O. The van der Waals surface area contributed by atoms with E-state index in [0.717, 1.165) is 25.3 Å². The summed E-state index contributed by atoms with van der Waals surface area (Å²) in [6.07, 6.45) is 4.51. The molecule has 2 fully saturated rings. The Kier molecular flexibility index (Phi) is 10.8. The van der Waals surface area contributed by atoms with Crippen LogP contribution in [0.15, 0.2) is 30.3 Å². The number of anilines is 1. The highest BCUT2D eigenvalue weighted by Crippen LogP contribution is 2.29. The second-order valence-electron chi connectivity index (χ2n) is 6.63. The summed E-state index contributed by atoms with van der Waals surface area (Å²) in [4.78, 5) is 5.11. The molecule has 0 amide bonds. The molecule has 3 heteroatoms. The van der Waals surface area contributed by atoms with Gasteiger partial charge >= 0.3 is 0 Å². The monoisotopic (exact) mass is 348 g/mol. The van der Waals surface area contributed by atoms with E-state index in [1.165, 1.54) is 38.2 Å². The summed E-state index contributed by atoms with van der Waals surface area (Å²) < 4.78 is 0. The van der Waals surface area contributed by atoms with Crippen molar-refractivity contribution in [2.24, 2.45) is 5.92 Å². The lowest BCUT2D eigenvalue weighted by atomic mass is 9.86. The Hall–Kier alpha value is -1.06. The van der Waals surface area contributed by atoms with Crippen LogP contribution in [0.4, 0.5) is 5.69 Å². The molecule has 1 saturated carbocycles. The summed E-state index contributed by atoms with van der Waals surface area (Å²) in [6.45, 7) is 15.0. The fraction of sp³-hybridized carbons (Fsp3) is 0.727. The van der Waals surface area contributed by atoms with Crippen LogP contribution in [0.25, 0.3) is 0 Å². The standard InChI is InChI=1S/C18H28N2O.2C2H6/c1-2-19(17-12-18(21)13-17)14-15-8-10-20(11-9-15)16-6-4-3-5-7-16;2*1-2/h3-7,15,17-18,21H,2,8-14H2,1H3;2*1-2H3. The highest BCUT2D eigenvalue weighted by Gasteiger charge is 2.33. The summed E-state index contributed by atoms with van der Waals surface area (Å²) in [6, 6.07) is 11.4. The van der Waals surface area contributed by atoms with Crippen LogP contribution in [0.1, 0.15) is 60.3 Å². The van der Waals surface area contributed by atoms with E-state index < -0.39 is 0 Å². The van der Waals surface area contributed by atoms with Gasteiger partial charge in [0, 0.05) is 31.4 Å². The Labute approximate surface area is 156 Å². The van der Waals surface area contributed by atoms with E-state index in [9.17, 15) is 5.11 Å². The van der Waals surface area contributed by atoms with E-state index in [1.807, 2.05) is 27.7 Å². The first-order valence-electron chi connectivity index (χ1n) is 10.5. The average molecular weight is 349 g/mol. The Morgan fingerprint density at radius 1 is 1.00 bits per heavy atom. The van der Waals surface area contributed by atoms with Crippen molar-refractivity contribution in [1.82, 2.24) is 4.90 Å². The molecule has 0 atom stereocenters. The molecule has 1 aliphatic heterocycles. The number of aliphatic hydroxyl groups excluding tert-OH is 1. The van der Waals surface area contributed by atoms with Crippen LogP contribution in [-0.2, 0) is 0 Å². The summed E-state index contributed by atoms with van der Waals surface area (Å²) in [7, 11) is 0. The Balaban J connectivity index is 0.000000730. The van der Waals surface area contributed by atoms with Crippen LogP contribution in [-0.4, -0.2) is 48.3 Å². The number of rotatable bonds is 5. The Morgan fingerprint density at radius 2 is 1.56 bits per heavy atom. The lowest BCUT2D eigenvalue weighted by Gasteiger charge is -2.43. The molecule has 3 rings (SSSR count). The van der Waals surface area contributed by atoms with E-state index in [0.29, 0.717) is 6.04 Å². The molecule has 144 valence electrons. The highest BCUT2D eigenvalue weighted by atomic mass is 16.3. The van der Waals surface area contributed by atoms with E-state index in [4.69, 9.17) is 0 Å². The van der Waals surface area contributed by atoms with E-state index in [-0.39, 0.29) is 6.10 Å². The van der Waals surface area contributed by atoms with Gasteiger partial charge in [0.2, 0.25) is 0 Å². The summed E-state index contributed by atoms with van der Waals surface area (Å²) in [5, 5.41) is 9.50. The van der Waals surface area contributed by atoms with Gasteiger partial charge in [-0.25, -0.2) is 0 Å². The van der Waals surface area contributed by atoms with Crippen molar-refractivity contribution in [2.75, 3.05) is 31.1 Å². The van der Waals surface area contributed by atoms with Gasteiger partial charge in [0.15, 0.2) is 0 Å². The van der Waals surface area contributed by atoms with Gasteiger partial charge in [0.1, 0.15) is 0 Å². The summed E-state index contributed by atoms with van der Waals surface area (Å²) >= 11 is 0. The maximum atomic E-state index is 9.50. The third kappa shape index (κ3) is 6.63. The fourth-order valence-corrected chi connectivity index (χ4v) is 3.74. The van der Waals surface area contributed by atoms with E-state index in [2.05, 4.69) is 47.1 Å². The summed E-state index contributed by atoms with van der Waals surface area (Å²) in [5.74, 6) is 0.822. The fourth-order valence-electron chi connectivity index (χ4n) is 3.74. The minimum absolute atomic E-state index is 0.0380. The zero-order valence-corrected chi connectivity index (χ0v) is 17.1. The second-order valence-corrected chi connectivity index (χ2v) is 6.63. The van der Waals surface area contributed by atoms with Crippen LogP contribution in [0, 0.1) is 5.92 Å². The molecule has 1 heterocycles. The van der Waals surface area contributed by atoms with Crippen molar-refractivity contribution in [1.29, 1.82) is 0 Å².